The van der Waals surface area contributed by atoms with Crippen LogP contribution in [-0.4, -0.2) is 18.4 Å². The fourth-order valence-corrected chi connectivity index (χ4v) is 5.07. The fourth-order valence-electron chi connectivity index (χ4n) is 1.84. The molecule has 1 aliphatic rings. The summed E-state index contributed by atoms with van der Waals surface area (Å²) in [6.07, 6.45) is 0. The molecule has 0 aliphatic carbocycles. The molecule has 76 valence electrons. The van der Waals surface area contributed by atoms with Gasteiger partial charge in [0, 0.05) is 0 Å². The van der Waals surface area contributed by atoms with Crippen LogP contribution in [0.25, 0.3) is 10.8 Å². The number of benzene rings is 2. The number of aryl methyl sites for hydroxylation is 1. The van der Waals surface area contributed by atoms with E-state index in [1.807, 2.05) is 12.1 Å². The molecule has 0 N–H and O–H groups in total. The molecule has 2 nitrogen and oxygen atoms in total. The predicted octanol–water partition coefficient (Wildman–Crippen LogP) is 2.27. The summed E-state index contributed by atoms with van der Waals surface area (Å²) >= 11 is -2.08. The van der Waals surface area contributed by atoms with Crippen LogP contribution in [0.1, 0.15) is 5.56 Å². The van der Waals surface area contributed by atoms with Gasteiger partial charge in [-0.3, -0.25) is 0 Å². The Morgan fingerprint density at radius 2 is 2.00 bits per heavy atom. The van der Waals surface area contributed by atoms with Gasteiger partial charge in [0.1, 0.15) is 0 Å². The zero-order chi connectivity index (χ0) is 10.4. The summed E-state index contributed by atoms with van der Waals surface area (Å²) in [7, 11) is 6.17. The Balaban J connectivity index is 2.68. The molecule has 4 heteroatoms. The molecular formula is C11H8ClNOTe. The number of fused-ring (bicyclic) bond motifs is 3. The first-order chi connectivity index (χ1) is 7.27. The molecule has 0 unspecified atom stereocenters. The predicted molar refractivity (Wildman–Crippen MR) is 61.4 cm³/mol. The molecule has 0 fully saturated rings. The Bertz CT molecular complexity index is 681. The van der Waals surface area contributed by atoms with E-state index >= 15 is 0 Å². The van der Waals surface area contributed by atoms with Gasteiger partial charge in [-0.2, -0.15) is 0 Å². The number of hydrogen-bond acceptors (Lipinski definition) is 2. The molecule has 2 aromatic carbocycles. The van der Waals surface area contributed by atoms with Crippen molar-refractivity contribution in [2.45, 2.75) is 6.92 Å². The van der Waals surface area contributed by atoms with Crippen LogP contribution in [0.2, 0.25) is 0 Å². The molecule has 0 atom stereocenters. The van der Waals surface area contributed by atoms with Crippen molar-refractivity contribution in [2.75, 3.05) is 0 Å². The quantitative estimate of drug-likeness (QED) is 0.678. The van der Waals surface area contributed by atoms with E-state index in [1.165, 1.54) is 10.9 Å². The summed E-state index contributed by atoms with van der Waals surface area (Å²) in [6.45, 7) is 2.10. The average Bonchev–Trinajstić information content (AvgIpc) is 2.62. The second-order valence-corrected chi connectivity index (χ2v) is 8.31. The summed E-state index contributed by atoms with van der Waals surface area (Å²) in [6, 6.07) is 10.4. The van der Waals surface area contributed by atoms with E-state index in [2.05, 4.69) is 30.3 Å². The minimum absolute atomic E-state index is 0.947. The number of rotatable bonds is 0. The van der Waals surface area contributed by atoms with Crippen molar-refractivity contribution in [3.63, 3.8) is 0 Å². The summed E-state index contributed by atoms with van der Waals surface area (Å²) in [5, 5.41) is 7.42. The van der Waals surface area contributed by atoms with Gasteiger partial charge < -0.3 is 0 Å². The van der Waals surface area contributed by atoms with Crippen LogP contribution in [0.5, 0.6) is 0 Å². The molecule has 0 radical (unpaired) electrons. The van der Waals surface area contributed by atoms with Crippen molar-refractivity contribution < 1.29 is 3.20 Å². The first-order valence-corrected chi connectivity index (χ1v) is 9.65. The summed E-state index contributed by atoms with van der Waals surface area (Å²) in [5.74, 6) is 0. The molecule has 15 heavy (non-hydrogen) atoms. The van der Waals surface area contributed by atoms with Crippen molar-refractivity contribution in [3.05, 3.63) is 44.4 Å². The van der Waals surface area contributed by atoms with Crippen molar-refractivity contribution in [2.24, 2.45) is 5.16 Å². The van der Waals surface area contributed by atoms with E-state index in [1.54, 1.807) is 0 Å². The molecule has 2 aromatic rings. The maximum atomic E-state index is 6.17. The fraction of sp³-hybridized carbons (Fsp3) is 0.0909. The molecule has 3 rings (SSSR count). The molecule has 0 spiro atoms. The standard InChI is InChI=1S/C11H8ClNOTe/c1-7-6-10-11(13-14-15(10)12)9-5-3-2-4-8(7)9/h2-6H,1H3. The van der Waals surface area contributed by atoms with Gasteiger partial charge >= 0.3 is 97.8 Å². The molecule has 1 aliphatic heterocycles. The Morgan fingerprint density at radius 3 is 2.80 bits per heavy atom. The third kappa shape index (κ3) is 1.38. The zero-order valence-electron chi connectivity index (χ0n) is 8.03. The molecule has 1 heterocycles. The van der Waals surface area contributed by atoms with Gasteiger partial charge in [0.15, 0.2) is 0 Å². The monoisotopic (exact) mass is 335 g/mol. The summed E-state index contributed by atoms with van der Waals surface area (Å²) in [5.41, 5.74) is 1.25. The molecule has 0 saturated carbocycles. The summed E-state index contributed by atoms with van der Waals surface area (Å²) < 4.78 is 6.38. The second kappa shape index (κ2) is 3.45. The summed E-state index contributed by atoms with van der Waals surface area (Å²) in [4.78, 5) is 0. The molecule has 0 amide bonds. The van der Waals surface area contributed by atoms with Crippen LogP contribution in [0.3, 0.4) is 0 Å². The Labute approximate surface area is 97.5 Å². The normalized spacial score (nSPS) is 14.8. The van der Waals surface area contributed by atoms with Gasteiger partial charge in [0.2, 0.25) is 0 Å². The van der Waals surface area contributed by atoms with Crippen LogP contribution in [0.4, 0.5) is 0 Å². The molecule has 0 bridgehead atoms. The van der Waals surface area contributed by atoms with E-state index in [9.17, 15) is 0 Å². The van der Waals surface area contributed by atoms with Crippen LogP contribution in [0, 0.1) is 10.1 Å². The van der Waals surface area contributed by atoms with E-state index in [0.29, 0.717) is 0 Å². The molecule has 0 saturated heterocycles. The van der Waals surface area contributed by atoms with Crippen molar-refractivity contribution in [1.82, 2.24) is 0 Å². The van der Waals surface area contributed by atoms with Gasteiger partial charge in [-0.1, -0.05) is 0 Å². The number of nitrogens with zero attached hydrogens (tertiary/aromatic N) is 1. The zero-order valence-corrected chi connectivity index (χ0v) is 11.1. The second-order valence-electron chi connectivity index (χ2n) is 3.48. The Kier molecular flexibility index (Phi) is 2.21. The third-order valence-corrected chi connectivity index (χ3v) is 6.51. The molecule has 0 aromatic heterocycles. The van der Waals surface area contributed by atoms with Gasteiger partial charge in [-0.15, -0.1) is 0 Å². The van der Waals surface area contributed by atoms with Crippen LogP contribution in [0.15, 0.2) is 35.5 Å². The van der Waals surface area contributed by atoms with Gasteiger partial charge in [-0.25, -0.2) is 0 Å². The average molecular weight is 333 g/mol. The van der Waals surface area contributed by atoms with Crippen LogP contribution in [-0.2, 0) is 3.20 Å². The van der Waals surface area contributed by atoms with Crippen LogP contribution >= 0.6 is 8.96 Å². The van der Waals surface area contributed by atoms with E-state index in [0.717, 1.165) is 13.9 Å². The third-order valence-electron chi connectivity index (χ3n) is 2.55. The minimum atomic E-state index is -2.08. The number of halogens is 1. The van der Waals surface area contributed by atoms with Crippen molar-refractivity contribution in [1.29, 1.82) is 0 Å². The topological polar surface area (TPSA) is 21.6 Å². The Hall–Kier alpha value is -0.620. The van der Waals surface area contributed by atoms with E-state index in [4.69, 9.17) is 12.2 Å². The van der Waals surface area contributed by atoms with Gasteiger partial charge in [0.05, 0.1) is 0 Å². The van der Waals surface area contributed by atoms with Gasteiger partial charge in [-0.05, 0) is 0 Å². The van der Waals surface area contributed by atoms with Gasteiger partial charge in [0.25, 0.3) is 0 Å². The first-order valence-electron chi connectivity index (χ1n) is 4.59. The Morgan fingerprint density at radius 1 is 1.27 bits per heavy atom. The maximum absolute atomic E-state index is 6.17. The van der Waals surface area contributed by atoms with Crippen molar-refractivity contribution in [3.8, 4) is 0 Å². The SMILES string of the molecule is Cc1cc2c(c3ccccc13)=NO[Te]=2Cl. The number of hydrogen-bond donors (Lipinski definition) is 0. The van der Waals surface area contributed by atoms with Crippen molar-refractivity contribution >= 4 is 38.1 Å². The first kappa shape index (κ1) is 9.59. The van der Waals surface area contributed by atoms with E-state index < -0.39 is 18.4 Å². The molecular weight excluding hydrogens is 325 g/mol. The van der Waals surface area contributed by atoms with E-state index in [-0.39, 0.29) is 0 Å². The van der Waals surface area contributed by atoms with Crippen LogP contribution < -0.4 is 5.36 Å².